The van der Waals surface area contributed by atoms with Gasteiger partial charge in [0, 0.05) is 23.2 Å². The second-order valence-electron chi connectivity index (χ2n) is 6.19. The quantitative estimate of drug-likeness (QED) is 0.228. The average molecular weight is 399 g/mol. The van der Waals surface area contributed by atoms with Gasteiger partial charge in [0.25, 0.3) is 0 Å². The summed E-state index contributed by atoms with van der Waals surface area (Å²) in [6.45, 7) is 0. The second kappa shape index (κ2) is 8.78. The first kappa shape index (κ1) is 19.0. The fraction of sp³-hybridized carbons (Fsp3) is 0.0455. The second-order valence-corrected chi connectivity index (χ2v) is 6.19. The summed E-state index contributed by atoms with van der Waals surface area (Å²) in [7, 11) is 1.50. The van der Waals surface area contributed by atoms with E-state index in [1.54, 1.807) is 48.9 Å². The first-order valence-corrected chi connectivity index (χ1v) is 9.04. The topological polar surface area (TPSA) is 98.6 Å². The van der Waals surface area contributed by atoms with Crippen LogP contribution in [0.2, 0.25) is 0 Å². The van der Waals surface area contributed by atoms with Crippen molar-refractivity contribution in [2.45, 2.75) is 0 Å². The monoisotopic (exact) mass is 399 g/mol. The number of hydrogen-bond acceptors (Lipinski definition) is 8. The Labute approximate surface area is 172 Å². The molecule has 0 aliphatic heterocycles. The van der Waals surface area contributed by atoms with Crippen molar-refractivity contribution in [2.75, 3.05) is 12.5 Å². The predicted molar refractivity (Wildman–Crippen MR) is 113 cm³/mol. The molecule has 0 unspecified atom stereocenters. The molecular weight excluding hydrogens is 382 g/mol. The molecule has 0 saturated carbocycles. The number of ether oxygens (including phenoxy) is 2. The van der Waals surface area contributed by atoms with Gasteiger partial charge in [0.2, 0.25) is 0 Å². The van der Waals surface area contributed by atoms with Gasteiger partial charge < -0.3 is 9.47 Å². The molecule has 2 heterocycles. The molecule has 0 radical (unpaired) electrons. The van der Waals surface area contributed by atoms with Crippen LogP contribution in [0.1, 0.15) is 15.9 Å². The van der Waals surface area contributed by atoms with E-state index in [1.165, 1.54) is 13.3 Å². The zero-order valence-corrected chi connectivity index (χ0v) is 16.0. The van der Waals surface area contributed by atoms with E-state index >= 15 is 0 Å². The molecule has 8 heteroatoms. The van der Waals surface area contributed by atoms with E-state index < -0.39 is 5.97 Å². The Kier molecular flexibility index (Phi) is 5.56. The minimum atomic E-state index is -0.515. The minimum absolute atomic E-state index is 0.302. The highest BCUT2D eigenvalue weighted by Crippen LogP contribution is 2.28. The molecule has 0 saturated heterocycles. The van der Waals surface area contributed by atoms with Crippen LogP contribution in [0.4, 0.5) is 5.82 Å². The van der Waals surface area contributed by atoms with Gasteiger partial charge in [0.05, 0.1) is 25.1 Å². The summed E-state index contributed by atoms with van der Waals surface area (Å²) < 4.78 is 10.8. The number of pyridine rings is 1. The summed E-state index contributed by atoms with van der Waals surface area (Å²) in [6, 6.07) is 16.2. The van der Waals surface area contributed by atoms with Crippen molar-refractivity contribution in [3.63, 3.8) is 0 Å². The van der Waals surface area contributed by atoms with Crippen LogP contribution in [-0.2, 0) is 0 Å². The van der Waals surface area contributed by atoms with Gasteiger partial charge in [0.1, 0.15) is 0 Å². The number of aromatic nitrogens is 3. The van der Waals surface area contributed by atoms with Crippen LogP contribution < -0.4 is 14.9 Å². The van der Waals surface area contributed by atoms with Gasteiger partial charge in [-0.25, -0.2) is 4.79 Å². The third kappa shape index (κ3) is 4.22. The number of benzene rings is 2. The van der Waals surface area contributed by atoms with Gasteiger partial charge in [-0.3, -0.25) is 10.4 Å². The molecule has 0 amide bonds. The molecule has 0 bridgehead atoms. The van der Waals surface area contributed by atoms with E-state index in [4.69, 9.17) is 9.47 Å². The average Bonchev–Trinajstić information content (AvgIpc) is 2.80. The third-order valence-corrected chi connectivity index (χ3v) is 4.24. The summed E-state index contributed by atoms with van der Waals surface area (Å²) in [5.74, 6) is 0.745. The molecule has 2 aromatic carbocycles. The highest BCUT2D eigenvalue weighted by Gasteiger charge is 2.12. The molecule has 0 spiro atoms. The number of carbonyl (C=O) groups is 1. The molecule has 4 rings (SSSR count). The molecule has 0 aliphatic rings. The Morgan fingerprint density at radius 1 is 1.07 bits per heavy atom. The van der Waals surface area contributed by atoms with E-state index in [2.05, 4.69) is 25.7 Å². The highest BCUT2D eigenvalue weighted by atomic mass is 16.6. The summed E-state index contributed by atoms with van der Waals surface area (Å²) in [5.41, 5.74) is 4.00. The Bertz CT molecular complexity index is 1210. The number of nitrogens with zero attached hydrogens (tertiary/aromatic N) is 4. The molecule has 148 valence electrons. The molecule has 1 N–H and O–H groups in total. The van der Waals surface area contributed by atoms with Crippen molar-refractivity contribution in [2.24, 2.45) is 5.10 Å². The molecule has 0 atom stereocenters. The number of esters is 1. The molecule has 0 aliphatic carbocycles. The van der Waals surface area contributed by atoms with E-state index in [9.17, 15) is 4.79 Å². The first-order chi connectivity index (χ1) is 14.7. The van der Waals surface area contributed by atoms with Crippen molar-refractivity contribution in [1.29, 1.82) is 0 Å². The van der Waals surface area contributed by atoms with Crippen LogP contribution in [-0.4, -0.2) is 34.5 Å². The molecule has 4 aromatic rings. The van der Waals surface area contributed by atoms with Gasteiger partial charge in [-0.1, -0.05) is 24.3 Å². The molecule has 0 fully saturated rings. The lowest BCUT2D eigenvalue weighted by Gasteiger charge is -2.09. The number of hydrogen-bond donors (Lipinski definition) is 1. The highest BCUT2D eigenvalue weighted by molar-refractivity contribution is 5.92. The third-order valence-electron chi connectivity index (χ3n) is 4.24. The summed E-state index contributed by atoms with van der Waals surface area (Å²) in [4.78, 5) is 16.2. The zero-order chi connectivity index (χ0) is 20.8. The number of anilines is 1. The van der Waals surface area contributed by atoms with Crippen molar-refractivity contribution < 1.29 is 14.3 Å². The normalized spacial score (nSPS) is 10.8. The van der Waals surface area contributed by atoms with Gasteiger partial charge in [0.15, 0.2) is 17.3 Å². The largest absolute Gasteiger partial charge is 0.493 e. The molecule has 8 nitrogen and oxygen atoms in total. The van der Waals surface area contributed by atoms with Crippen molar-refractivity contribution >= 4 is 28.8 Å². The van der Waals surface area contributed by atoms with Gasteiger partial charge in [-0.2, -0.15) is 10.2 Å². The summed E-state index contributed by atoms with van der Waals surface area (Å²) in [5, 5.41) is 14.2. The maximum absolute atomic E-state index is 12.2. The van der Waals surface area contributed by atoms with Crippen LogP contribution in [0.15, 0.2) is 78.3 Å². The summed E-state index contributed by atoms with van der Waals surface area (Å²) >= 11 is 0. The Morgan fingerprint density at radius 2 is 1.97 bits per heavy atom. The Hall–Kier alpha value is -4.33. The van der Waals surface area contributed by atoms with Crippen molar-refractivity contribution in [3.8, 4) is 11.5 Å². The van der Waals surface area contributed by atoms with Crippen LogP contribution in [0, 0.1) is 0 Å². The maximum Gasteiger partial charge on any atom is 0.345 e. The smallest absolute Gasteiger partial charge is 0.345 e. The molecule has 30 heavy (non-hydrogen) atoms. The van der Waals surface area contributed by atoms with Crippen molar-refractivity contribution in [3.05, 3.63) is 84.3 Å². The predicted octanol–water partition coefficient (Wildman–Crippen LogP) is 3.70. The standard InChI is InChI=1S/C22H17N5O3/c1-29-20-11-15(8-9-19(20)30-22(28)17-6-4-10-23-13-17)12-24-26-21-18-7-3-2-5-16(18)14-25-27-21/h2-14H,1H3,(H,26,27). The Morgan fingerprint density at radius 3 is 2.80 bits per heavy atom. The number of carbonyl (C=O) groups excluding carboxylic acids is 1. The van der Waals surface area contributed by atoms with E-state index in [1.807, 2.05) is 24.3 Å². The first-order valence-electron chi connectivity index (χ1n) is 9.04. The lowest BCUT2D eigenvalue weighted by atomic mass is 10.2. The number of rotatable bonds is 6. The van der Waals surface area contributed by atoms with Crippen LogP contribution in [0.3, 0.4) is 0 Å². The molecule has 2 aromatic heterocycles. The SMILES string of the molecule is COc1cc(C=NNc2nncc3ccccc23)ccc1OC(=O)c1cccnc1. The number of nitrogens with one attached hydrogen (secondary N) is 1. The van der Waals surface area contributed by atoms with Crippen LogP contribution in [0.25, 0.3) is 10.8 Å². The lowest BCUT2D eigenvalue weighted by Crippen LogP contribution is -2.09. The lowest BCUT2D eigenvalue weighted by molar-refractivity contribution is 0.0729. The fourth-order valence-electron chi connectivity index (χ4n) is 2.77. The van der Waals surface area contributed by atoms with E-state index in [0.717, 1.165) is 16.3 Å². The van der Waals surface area contributed by atoms with Crippen LogP contribution in [0.5, 0.6) is 11.5 Å². The number of fused-ring (bicyclic) bond motifs is 1. The number of hydrazone groups is 1. The summed E-state index contributed by atoms with van der Waals surface area (Å²) in [6.07, 6.45) is 6.33. The van der Waals surface area contributed by atoms with Gasteiger partial charge >= 0.3 is 5.97 Å². The van der Waals surface area contributed by atoms with E-state index in [0.29, 0.717) is 22.9 Å². The van der Waals surface area contributed by atoms with Crippen molar-refractivity contribution in [1.82, 2.24) is 15.2 Å². The zero-order valence-electron chi connectivity index (χ0n) is 16.0. The van der Waals surface area contributed by atoms with E-state index in [-0.39, 0.29) is 0 Å². The Balaban J connectivity index is 1.49. The maximum atomic E-state index is 12.2. The minimum Gasteiger partial charge on any atom is -0.493 e. The van der Waals surface area contributed by atoms with Gasteiger partial charge in [-0.15, -0.1) is 5.10 Å². The fourth-order valence-corrected chi connectivity index (χ4v) is 2.77. The van der Waals surface area contributed by atoms with Crippen LogP contribution >= 0.6 is 0 Å². The molecular formula is C22H17N5O3. The number of methoxy groups -OCH3 is 1. The van der Waals surface area contributed by atoms with Gasteiger partial charge in [-0.05, 0) is 35.9 Å².